The highest BCUT2D eigenvalue weighted by Gasteiger charge is 2.24. The molecular weight excluding hydrogens is 398 g/mol. The van der Waals surface area contributed by atoms with Crippen LogP contribution in [0.15, 0.2) is 53.7 Å². The molecule has 0 heterocycles. The van der Waals surface area contributed by atoms with Crippen molar-refractivity contribution in [1.82, 2.24) is 0 Å². The van der Waals surface area contributed by atoms with Crippen molar-refractivity contribution < 1.29 is 24.0 Å². The Morgan fingerprint density at radius 1 is 0.742 bits per heavy atom. The fourth-order valence-corrected chi connectivity index (χ4v) is 2.75. The number of hydrogen-bond acceptors (Lipinski definition) is 6. The van der Waals surface area contributed by atoms with Gasteiger partial charge in [-0.3, -0.25) is 9.59 Å². The van der Waals surface area contributed by atoms with Gasteiger partial charge in [-0.05, 0) is 29.4 Å². The highest BCUT2D eigenvalue weighted by Crippen LogP contribution is 2.22. The molecule has 0 aromatic heterocycles. The Morgan fingerprint density at radius 3 is 1.48 bits per heavy atom. The van der Waals surface area contributed by atoms with Crippen LogP contribution in [-0.2, 0) is 9.57 Å². The van der Waals surface area contributed by atoms with Gasteiger partial charge in [0, 0.05) is 27.5 Å². The van der Waals surface area contributed by atoms with Crippen LogP contribution in [0.5, 0.6) is 0 Å². The van der Waals surface area contributed by atoms with Gasteiger partial charge in [0.15, 0.2) is 11.6 Å². The number of hydrogen-bond donors (Lipinski definition) is 0. The number of benzene rings is 2. The molecule has 2 rings (SSSR count). The van der Waals surface area contributed by atoms with E-state index >= 15 is 0 Å². The van der Waals surface area contributed by atoms with Gasteiger partial charge < -0.3 is 9.57 Å². The molecule has 0 saturated carbocycles. The largest absolute Gasteiger partial charge is 0.400 e. The zero-order valence-electron chi connectivity index (χ0n) is 19.1. The first-order chi connectivity index (χ1) is 14.3. The number of esters is 1. The second-order valence-electron chi connectivity index (χ2n) is 9.28. The molecular formula is C25H29NO5. The van der Waals surface area contributed by atoms with E-state index in [1.54, 1.807) is 36.4 Å². The van der Waals surface area contributed by atoms with Gasteiger partial charge in [-0.2, -0.15) is 0 Å². The summed E-state index contributed by atoms with van der Waals surface area (Å²) in [5.41, 5.74) is 0.820. The van der Waals surface area contributed by atoms with Crippen LogP contribution in [0.3, 0.4) is 0 Å². The molecule has 0 aliphatic heterocycles. The average molecular weight is 427 g/mol. The van der Waals surface area contributed by atoms with Crippen LogP contribution in [0.2, 0.25) is 0 Å². The lowest BCUT2D eigenvalue weighted by Crippen LogP contribution is -2.21. The molecule has 0 saturated heterocycles. The molecule has 164 valence electrons. The second-order valence-corrected chi connectivity index (χ2v) is 9.28. The van der Waals surface area contributed by atoms with Gasteiger partial charge in [-0.15, -0.1) is 0 Å². The summed E-state index contributed by atoms with van der Waals surface area (Å²) >= 11 is 0. The number of nitrogens with zero attached hydrogens (tertiary/aromatic N) is 1. The molecule has 0 fully saturated rings. The Labute approximate surface area is 183 Å². The van der Waals surface area contributed by atoms with Crippen LogP contribution in [0.1, 0.15) is 78.2 Å². The standard InChI is InChI=1S/C25H29NO5/c1-24(2,3)20(27)16-8-12-18(13-9-16)22(26-30-7)31-23(29)19-14-10-17(11-15-19)21(28)25(4,5)6/h8-15H,1-7H3/b26-22-/i20+2,21+2. The van der Waals surface area contributed by atoms with Gasteiger partial charge >= 0.3 is 5.97 Å². The van der Waals surface area contributed by atoms with Crippen molar-refractivity contribution >= 4 is 23.4 Å². The molecule has 0 atom stereocenters. The number of Topliss-reactive ketones (excluding diaryl/α,β-unsaturated/α-hetero) is 2. The Bertz CT molecular complexity index is 988. The number of rotatable bonds is 5. The van der Waals surface area contributed by atoms with Crippen LogP contribution >= 0.6 is 0 Å². The third-order valence-corrected chi connectivity index (χ3v) is 4.50. The molecule has 0 spiro atoms. The van der Waals surface area contributed by atoms with E-state index in [4.69, 9.17) is 9.57 Å². The zero-order valence-corrected chi connectivity index (χ0v) is 19.1. The first-order valence-corrected chi connectivity index (χ1v) is 9.98. The lowest BCUT2D eigenvalue weighted by Gasteiger charge is -2.17. The van der Waals surface area contributed by atoms with Gasteiger partial charge in [-0.25, -0.2) is 4.79 Å². The minimum absolute atomic E-state index is 0.00571. The van der Waals surface area contributed by atoms with E-state index in [0.717, 1.165) is 0 Å². The summed E-state index contributed by atoms with van der Waals surface area (Å²) in [7, 11) is 1.35. The van der Waals surface area contributed by atoms with Crippen molar-refractivity contribution in [2.45, 2.75) is 41.5 Å². The molecule has 0 bridgehead atoms. The summed E-state index contributed by atoms with van der Waals surface area (Å²) in [6.45, 7) is 11.1. The second kappa shape index (κ2) is 9.25. The third kappa shape index (κ3) is 6.10. The fraction of sp³-hybridized carbons (Fsp3) is 0.360. The third-order valence-electron chi connectivity index (χ3n) is 4.50. The lowest BCUT2D eigenvalue weighted by molar-refractivity contribution is 0.0702. The SMILES string of the molecule is CO/N=C(\OC(=O)c1ccc([14C](=O)C(C)(C)C)cc1)c1ccc([14C](=O)C(C)(C)C)cc1. The van der Waals surface area contributed by atoms with Gasteiger partial charge in [0.2, 0.25) is 0 Å². The van der Waals surface area contributed by atoms with Crippen molar-refractivity contribution in [1.29, 1.82) is 0 Å². The summed E-state index contributed by atoms with van der Waals surface area (Å²) in [6.07, 6.45) is 0. The lowest BCUT2D eigenvalue weighted by atomic mass is 10.1. The molecule has 2 aromatic rings. The molecule has 0 N–H and O–H groups in total. The normalized spacial score (nSPS) is 12.3. The summed E-state index contributed by atoms with van der Waals surface area (Å²) in [4.78, 5) is 42.2. The molecule has 2 aromatic carbocycles. The number of ether oxygens (including phenoxy) is 1. The molecule has 0 radical (unpaired) electrons. The van der Waals surface area contributed by atoms with E-state index in [9.17, 15) is 14.4 Å². The molecule has 6 nitrogen and oxygen atoms in total. The van der Waals surface area contributed by atoms with Crippen molar-refractivity contribution in [3.63, 3.8) is 0 Å². The first-order valence-electron chi connectivity index (χ1n) is 9.98. The van der Waals surface area contributed by atoms with E-state index in [1.807, 2.05) is 41.5 Å². The van der Waals surface area contributed by atoms with Gasteiger partial charge in [0.05, 0.1) is 5.56 Å². The number of ketones is 2. The Hall–Kier alpha value is -3.28. The minimum Gasteiger partial charge on any atom is -0.400 e. The minimum atomic E-state index is -0.639. The molecule has 0 unspecified atom stereocenters. The summed E-state index contributed by atoms with van der Waals surface area (Å²) in [5, 5.41) is 3.80. The molecule has 0 aliphatic rings. The van der Waals surface area contributed by atoms with Gasteiger partial charge in [-0.1, -0.05) is 65.8 Å². The summed E-state index contributed by atoms with van der Waals surface area (Å²) in [5.74, 6) is -0.678. The number of oxime groups is 1. The smallest absolute Gasteiger partial charge is 0.344 e. The van der Waals surface area contributed by atoms with E-state index in [-0.39, 0.29) is 23.0 Å². The predicted molar refractivity (Wildman–Crippen MR) is 119 cm³/mol. The molecule has 31 heavy (non-hydrogen) atoms. The van der Waals surface area contributed by atoms with Crippen LogP contribution in [0, 0.1) is 10.8 Å². The van der Waals surface area contributed by atoms with Gasteiger partial charge in [0.1, 0.15) is 7.11 Å². The molecule has 0 aliphatic carbocycles. The first kappa shape index (κ1) is 24.0. The number of carbonyl (C=O) groups excluding carboxylic acids is 3. The molecule has 6 heteroatoms. The quantitative estimate of drug-likeness (QED) is 0.212. The maximum Gasteiger partial charge on any atom is 0.344 e. The summed E-state index contributed by atoms with van der Waals surface area (Å²) < 4.78 is 5.41. The van der Waals surface area contributed by atoms with E-state index < -0.39 is 16.8 Å². The average Bonchev–Trinajstić information content (AvgIpc) is 2.71. The van der Waals surface area contributed by atoms with Crippen molar-refractivity contribution in [2.75, 3.05) is 7.11 Å². The highest BCUT2D eigenvalue weighted by atomic mass is 16.6. The van der Waals surface area contributed by atoms with Crippen LogP contribution < -0.4 is 0 Å². The van der Waals surface area contributed by atoms with Crippen LogP contribution in [0.4, 0.5) is 0 Å². The fourth-order valence-electron chi connectivity index (χ4n) is 2.75. The zero-order chi connectivity index (χ0) is 23.4. The van der Waals surface area contributed by atoms with Crippen LogP contribution in [-0.4, -0.2) is 30.5 Å². The topological polar surface area (TPSA) is 82.0 Å². The summed E-state index contributed by atoms with van der Waals surface area (Å²) in [6, 6.07) is 12.9. The molecule has 0 amide bonds. The van der Waals surface area contributed by atoms with E-state index in [1.165, 1.54) is 19.2 Å². The Balaban J connectivity index is 2.20. The van der Waals surface area contributed by atoms with Crippen molar-refractivity contribution in [3.8, 4) is 0 Å². The van der Waals surface area contributed by atoms with Crippen LogP contribution in [0.25, 0.3) is 0 Å². The Morgan fingerprint density at radius 2 is 1.13 bits per heavy atom. The van der Waals surface area contributed by atoms with Gasteiger partial charge in [0.25, 0.3) is 5.90 Å². The number of carbonyl (C=O) groups is 3. The maximum absolute atomic E-state index is 12.6. The maximum atomic E-state index is 12.6. The van der Waals surface area contributed by atoms with Crippen molar-refractivity contribution in [2.24, 2.45) is 16.0 Å². The monoisotopic (exact) mass is 427 g/mol. The highest BCUT2D eigenvalue weighted by molar-refractivity contribution is 6.06. The predicted octanol–water partition coefficient (Wildman–Crippen LogP) is 5.31. The van der Waals surface area contributed by atoms with Crippen molar-refractivity contribution in [3.05, 3.63) is 70.8 Å². The van der Waals surface area contributed by atoms with E-state index in [0.29, 0.717) is 16.7 Å². The Kier molecular flexibility index (Phi) is 7.16. The van der Waals surface area contributed by atoms with E-state index in [2.05, 4.69) is 5.16 Å².